The minimum absolute atomic E-state index is 0.0310. The Morgan fingerprint density at radius 2 is 1.96 bits per heavy atom. The Balaban J connectivity index is 1.85. The molecule has 0 aromatic heterocycles. The number of likely N-dealkylation sites (tertiary alicyclic amines) is 1. The molecule has 2 amide bonds. The van der Waals surface area contributed by atoms with Crippen molar-refractivity contribution in [3.05, 3.63) is 29.8 Å². The van der Waals surface area contributed by atoms with Crippen LogP contribution in [0.25, 0.3) is 0 Å². The molecule has 2 rings (SSSR count). The van der Waals surface area contributed by atoms with Crippen LogP contribution in [0.3, 0.4) is 0 Å². The third kappa shape index (κ3) is 5.71. The maximum absolute atomic E-state index is 12.5. The minimum atomic E-state index is 0.0310. The molecular weight excluding hydrogens is 318 g/mol. The summed E-state index contributed by atoms with van der Waals surface area (Å²) in [7, 11) is 4.18. The molecule has 1 fully saturated rings. The lowest BCUT2D eigenvalue weighted by Crippen LogP contribution is -2.40. The zero-order valence-electron chi connectivity index (χ0n) is 15.6. The fourth-order valence-corrected chi connectivity index (χ4v) is 3.99. The third-order valence-corrected chi connectivity index (χ3v) is 5.30. The number of nitrogens with zero attached hydrogens (tertiary/aromatic N) is 2. The summed E-state index contributed by atoms with van der Waals surface area (Å²) in [5.41, 5.74) is 1.15. The molecule has 0 saturated carbocycles. The highest BCUT2D eigenvalue weighted by Gasteiger charge is 2.27. The SMILES string of the molecule is CC(C)Sc1ccc([C@@H](C)NC(=O)N2CC[C@@H](CN(C)C)C2)cc1. The maximum atomic E-state index is 12.5. The van der Waals surface area contributed by atoms with Crippen molar-refractivity contribution < 1.29 is 4.79 Å². The molecule has 1 N–H and O–H groups in total. The van der Waals surface area contributed by atoms with E-state index in [-0.39, 0.29) is 12.1 Å². The predicted octanol–water partition coefficient (Wildman–Crippen LogP) is 3.84. The van der Waals surface area contributed by atoms with E-state index in [2.05, 4.69) is 69.3 Å². The first kappa shape index (κ1) is 19.1. The van der Waals surface area contributed by atoms with Gasteiger partial charge >= 0.3 is 6.03 Å². The summed E-state index contributed by atoms with van der Waals surface area (Å²) < 4.78 is 0. The van der Waals surface area contributed by atoms with Crippen LogP contribution in [0.4, 0.5) is 4.79 Å². The number of urea groups is 1. The molecule has 0 bridgehead atoms. The van der Waals surface area contributed by atoms with E-state index >= 15 is 0 Å². The van der Waals surface area contributed by atoms with Gasteiger partial charge in [-0.1, -0.05) is 26.0 Å². The highest BCUT2D eigenvalue weighted by atomic mass is 32.2. The topological polar surface area (TPSA) is 35.6 Å². The predicted molar refractivity (Wildman–Crippen MR) is 103 cm³/mol. The van der Waals surface area contributed by atoms with E-state index in [4.69, 9.17) is 0 Å². The van der Waals surface area contributed by atoms with Gasteiger partial charge in [-0.2, -0.15) is 0 Å². The van der Waals surface area contributed by atoms with Gasteiger partial charge in [-0.05, 0) is 51.1 Å². The summed E-state index contributed by atoms with van der Waals surface area (Å²) >= 11 is 1.86. The Hall–Kier alpha value is -1.20. The number of hydrogen-bond acceptors (Lipinski definition) is 3. The summed E-state index contributed by atoms with van der Waals surface area (Å²) in [5, 5.41) is 3.72. The summed E-state index contributed by atoms with van der Waals surface area (Å²) in [6.45, 7) is 9.22. The van der Waals surface area contributed by atoms with Crippen LogP contribution in [-0.4, -0.2) is 54.8 Å². The van der Waals surface area contributed by atoms with Crippen LogP contribution in [0.2, 0.25) is 0 Å². The van der Waals surface area contributed by atoms with E-state index in [0.29, 0.717) is 11.2 Å². The Morgan fingerprint density at radius 1 is 1.29 bits per heavy atom. The lowest BCUT2D eigenvalue weighted by Gasteiger charge is -2.22. The molecule has 2 atom stereocenters. The number of nitrogens with one attached hydrogen (secondary N) is 1. The lowest BCUT2D eigenvalue weighted by atomic mass is 10.1. The van der Waals surface area contributed by atoms with E-state index in [1.54, 1.807) is 0 Å². The first-order valence-electron chi connectivity index (χ1n) is 8.82. The number of benzene rings is 1. The zero-order chi connectivity index (χ0) is 17.7. The number of thioether (sulfide) groups is 1. The first-order chi connectivity index (χ1) is 11.3. The largest absolute Gasteiger partial charge is 0.331 e. The smallest absolute Gasteiger partial charge is 0.317 e. The van der Waals surface area contributed by atoms with Gasteiger partial charge in [0, 0.05) is 29.8 Å². The average molecular weight is 350 g/mol. The molecule has 1 aromatic carbocycles. The van der Waals surface area contributed by atoms with Gasteiger partial charge in [-0.15, -0.1) is 11.8 Å². The molecule has 5 heteroatoms. The number of hydrogen-bond donors (Lipinski definition) is 1. The van der Waals surface area contributed by atoms with Crippen LogP contribution >= 0.6 is 11.8 Å². The molecule has 0 spiro atoms. The van der Waals surface area contributed by atoms with Crippen molar-refractivity contribution >= 4 is 17.8 Å². The van der Waals surface area contributed by atoms with Crippen LogP contribution < -0.4 is 5.32 Å². The monoisotopic (exact) mass is 349 g/mol. The fourth-order valence-electron chi connectivity index (χ4n) is 3.15. The summed E-state index contributed by atoms with van der Waals surface area (Å²) in [4.78, 5) is 17.9. The molecule has 0 unspecified atom stereocenters. The number of carbonyl (C=O) groups excluding carboxylic acids is 1. The van der Waals surface area contributed by atoms with Gasteiger partial charge < -0.3 is 15.1 Å². The van der Waals surface area contributed by atoms with Crippen molar-refractivity contribution in [1.29, 1.82) is 0 Å². The van der Waals surface area contributed by atoms with E-state index in [1.165, 1.54) is 4.90 Å². The fraction of sp³-hybridized carbons (Fsp3) is 0.632. The summed E-state index contributed by atoms with van der Waals surface area (Å²) in [5.74, 6) is 0.591. The molecule has 1 aliphatic rings. The van der Waals surface area contributed by atoms with Crippen molar-refractivity contribution in [2.75, 3.05) is 33.7 Å². The second kappa shape index (κ2) is 8.77. The molecule has 1 heterocycles. The van der Waals surface area contributed by atoms with Crippen LogP contribution in [0.5, 0.6) is 0 Å². The normalized spacial score (nSPS) is 19.1. The van der Waals surface area contributed by atoms with Crippen LogP contribution in [-0.2, 0) is 0 Å². The second-order valence-electron chi connectivity index (χ2n) is 7.27. The molecule has 1 aromatic rings. The molecule has 4 nitrogen and oxygen atoms in total. The van der Waals surface area contributed by atoms with E-state index < -0.39 is 0 Å². The van der Waals surface area contributed by atoms with E-state index in [1.807, 2.05) is 16.7 Å². The van der Waals surface area contributed by atoms with Crippen molar-refractivity contribution in [2.24, 2.45) is 5.92 Å². The molecule has 24 heavy (non-hydrogen) atoms. The van der Waals surface area contributed by atoms with Crippen molar-refractivity contribution in [3.8, 4) is 0 Å². The standard InChI is InChI=1S/C19H31N3OS/c1-14(2)24-18-8-6-17(7-9-18)15(3)20-19(23)22-11-10-16(13-22)12-21(4)5/h6-9,14-16H,10-13H2,1-5H3,(H,20,23)/t15-,16+/m1/s1. The average Bonchev–Trinajstić information content (AvgIpc) is 2.95. The Bertz CT molecular complexity index is 530. The van der Waals surface area contributed by atoms with Crippen LogP contribution in [0, 0.1) is 5.92 Å². The number of amides is 2. The highest BCUT2D eigenvalue weighted by Crippen LogP contribution is 2.25. The Labute approximate surface area is 151 Å². The van der Waals surface area contributed by atoms with Crippen molar-refractivity contribution in [2.45, 2.75) is 43.4 Å². The second-order valence-corrected chi connectivity index (χ2v) is 8.92. The molecular formula is C19H31N3OS. The van der Waals surface area contributed by atoms with Crippen LogP contribution in [0.1, 0.15) is 38.8 Å². The van der Waals surface area contributed by atoms with Gasteiger partial charge in [0.05, 0.1) is 6.04 Å². The van der Waals surface area contributed by atoms with E-state index in [9.17, 15) is 4.79 Å². The van der Waals surface area contributed by atoms with Crippen molar-refractivity contribution in [3.63, 3.8) is 0 Å². The van der Waals surface area contributed by atoms with Gasteiger partial charge in [0.15, 0.2) is 0 Å². The number of rotatable bonds is 6. The third-order valence-electron chi connectivity index (χ3n) is 4.29. The molecule has 0 radical (unpaired) electrons. The molecule has 1 saturated heterocycles. The highest BCUT2D eigenvalue weighted by molar-refractivity contribution is 7.99. The van der Waals surface area contributed by atoms with Gasteiger partial charge in [0.25, 0.3) is 0 Å². The maximum Gasteiger partial charge on any atom is 0.317 e. The molecule has 1 aliphatic heterocycles. The summed E-state index contributed by atoms with van der Waals surface area (Å²) in [6, 6.07) is 8.62. The molecule has 0 aliphatic carbocycles. The van der Waals surface area contributed by atoms with Gasteiger partial charge in [0.2, 0.25) is 0 Å². The van der Waals surface area contributed by atoms with Gasteiger partial charge in [-0.3, -0.25) is 0 Å². The zero-order valence-corrected chi connectivity index (χ0v) is 16.4. The Morgan fingerprint density at radius 3 is 2.54 bits per heavy atom. The van der Waals surface area contributed by atoms with E-state index in [0.717, 1.165) is 31.6 Å². The van der Waals surface area contributed by atoms with Gasteiger partial charge in [-0.25, -0.2) is 4.79 Å². The Kier molecular flexibility index (Phi) is 6.99. The number of carbonyl (C=O) groups is 1. The lowest BCUT2D eigenvalue weighted by molar-refractivity contribution is 0.202. The first-order valence-corrected chi connectivity index (χ1v) is 9.70. The quantitative estimate of drug-likeness (QED) is 0.793. The van der Waals surface area contributed by atoms with Crippen molar-refractivity contribution in [1.82, 2.24) is 15.1 Å². The molecule has 134 valence electrons. The van der Waals surface area contributed by atoms with Gasteiger partial charge in [0.1, 0.15) is 0 Å². The summed E-state index contributed by atoms with van der Waals surface area (Å²) in [6.07, 6.45) is 1.10. The minimum Gasteiger partial charge on any atom is -0.331 e. The van der Waals surface area contributed by atoms with Crippen LogP contribution in [0.15, 0.2) is 29.2 Å².